The summed E-state index contributed by atoms with van der Waals surface area (Å²) in [6.45, 7) is 5.81. The van der Waals surface area contributed by atoms with E-state index < -0.39 is 5.97 Å². The number of para-hydroxylation sites is 1. The first kappa shape index (κ1) is 14.1. The molecule has 1 aromatic carbocycles. The lowest BCUT2D eigenvalue weighted by Gasteiger charge is -2.20. The fourth-order valence-electron chi connectivity index (χ4n) is 2.16. The molecule has 5 heteroatoms. The second-order valence-corrected chi connectivity index (χ2v) is 5.79. The van der Waals surface area contributed by atoms with Crippen molar-refractivity contribution in [3.63, 3.8) is 0 Å². The summed E-state index contributed by atoms with van der Waals surface area (Å²) in [5.74, 6) is -1.13. The molecule has 0 spiro atoms. The van der Waals surface area contributed by atoms with Crippen molar-refractivity contribution < 1.29 is 14.7 Å². The van der Waals surface area contributed by atoms with Crippen LogP contribution in [0.1, 0.15) is 31.1 Å². The maximum atomic E-state index is 12.0. The van der Waals surface area contributed by atoms with Gasteiger partial charge < -0.3 is 15.0 Å². The minimum atomic E-state index is -0.990. The Kier molecular flexibility index (Phi) is 3.53. The zero-order chi connectivity index (χ0) is 14.9. The Bertz CT molecular complexity index is 665. The number of aromatic carboxylic acids is 1. The molecule has 0 aliphatic heterocycles. The predicted octanol–water partition coefficient (Wildman–Crippen LogP) is 2.25. The number of benzene rings is 1. The largest absolute Gasteiger partial charge is 0.478 e. The first-order chi connectivity index (χ1) is 9.28. The molecular weight excluding hydrogens is 256 g/mol. The van der Waals surface area contributed by atoms with Crippen LogP contribution in [0.15, 0.2) is 30.5 Å². The van der Waals surface area contributed by atoms with E-state index in [1.807, 2.05) is 32.9 Å². The SMILES string of the molecule is CC(C)(C)NC(=O)Cn1cc(C(=O)O)c2ccccc21. The monoisotopic (exact) mass is 274 g/mol. The molecule has 0 saturated carbocycles. The lowest BCUT2D eigenvalue weighted by Crippen LogP contribution is -2.42. The number of carbonyl (C=O) groups is 2. The smallest absolute Gasteiger partial charge is 0.337 e. The number of nitrogens with zero attached hydrogens (tertiary/aromatic N) is 1. The van der Waals surface area contributed by atoms with Crippen molar-refractivity contribution in [3.05, 3.63) is 36.0 Å². The zero-order valence-electron chi connectivity index (χ0n) is 11.8. The van der Waals surface area contributed by atoms with Crippen molar-refractivity contribution >= 4 is 22.8 Å². The summed E-state index contributed by atoms with van der Waals surface area (Å²) in [5, 5.41) is 12.7. The van der Waals surface area contributed by atoms with Gasteiger partial charge in [0, 0.05) is 22.6 Å². The molecule has 0 saturated heterocycles. The van der Waals surface area contributed by atoms with Gasteiger partial charge in [-0.25, -0.2) is 4.79 Å². The topological polar surface area (TPSA) is 71.3 Å². The fourth-order valence-corrected chi connectivity index (χ4v) is 2.16. The summed E-state index contributed by atoms with van der Waals surface area (Å²) in [6.07, 6.45) is 1.51. The Morgan fingerprint density at radius 1 is 1.25 bits per heavy atom. The van der Waals surface area contributed by atoms with Crippen LogP contribution in [0.5, 0.6) is 0 Å². The van der Waals surface area contributed by atoms with E-state index in [0.29, 0.717) is 5.39 Å². The number of amides is 1. The maximum Gasteiger partial charge on any atom is 0.337 e. The van der Waals surface area contributed by atoms with Crippen LogP contribution >= 0.6 is 0 Å². The van der Waals surface area contributed by atoms with E-state index in [4.69, 9.17) is 0 Å². The highest BCUT2D eigenvalue weighted by atomic mass is 16.4. The first-order valence-corrected chi connectivity index (χ1v) is 6.40. The van der Waals surface area contributed by atoms with Crippen molar-refractivity contribution in [1.29, 1.82) is 0 Å². The number of rotatable bonds is 3. The van der Waals surface area contributed by atoms with E-state index in [0.717, 1.165) is 5.52 Å². The highest BCUT2D eigenvalue weighted by molar-refractivity contribution is 6.03. The van der Waals surface area contributed by atoms with Crippen molar-refractivity contribution in [2.75, 3.05) is 0 Å². The Morgan fingerprint density at radius 3 is 2.50 bits per heavy atom. The van der Waals surface area contributed by atoms with Gasteiger partial charge in [-0.1, -0.05) is 18.2 Å². The molecule has 0 fully saturated rings. The summed E-state index contributed by atoms with van der Waals surface area (Å²) >= 11 is 0. The van der Waals surface area contributed by atoms with E-state index in [1.165, 1.54) is 6.20 Å². The summed E-state index contributed by atoms with van der Waals surface area (Å²) in [7, 11) is 0. The van der Waals surface area contributed by atoms with Crippen LogP contribution in [-0.2, 0) is 11.3 Å². The molecule has 0 bridgehead atoms. The summed E-state index contributed by atoms with van der Waals surface area (Å²) in [4.78, 5) is 23.2. The summed E-state index contributed by atoms with van der Waals surface area (Å²) in [5.41, 5.74) is 0.647. The molecule has 2 rings (SSSR count). The summed E-state index contributed by atoms with van der Waals surface area (Å²) < 4.78 is 1.67. The Labute approximate surface area is 117 Å². The normalized spacial score (nSPS) is 11.6. The predicted molar refractivity (Wildman–Crippen MR) is 76.8 cm³/mol. The molecule has 0 aliphatic carbocycles. The fraction of sp³-hybridized carbons (Fsp3) is 0.333. The van der Waals surface area contributed by atoms with Gasteiger partial charge in [0.15, 0.2) is 0 Å². The molecule has 1 amide bonds. The minimum Gasteiger partial charge on any atom is -0.478 e. The second-order valence-electron chi connectivity index (χ2n) is 5.79. The molecule has 20 heavy (non-hydrogen) atoms. The van der Waals surface area contributed by atoms with Crippen molar-refractivity contribution in [2.45, 2.75) is 32.9 Å². The Balaban J connectivity index is 2.36. The molecule has 0 atom stereocenters. The van der Waals surface area contributed by atoms with Gasteiger partial charge in [0.05, 0.1) is 5.56 Å². The quantitative estimate of drug-likeness (QED) is 0.901. The van der Waals surface area contributed by atoms with E-state index in [1.54, 1.807) is 16.7 Å². The Morgan fingerprint density at radius 2 is 1.90 bits per heavy atom. The van der Waals surface area contributed by atoms with E-state index in [9.17, 15) is 14.7 Å². The van der Waals surface area contributed by atoms with Crippen molar-refractivity contribution in [1.82, 2.24) is 9.88 Å². The lowest BCUT2D eigenvalue weighted by molar-refractivity contribution is -0.123. The third-order valence-corrected chi connectivity index (χ3v) is 2.85. The van der Waals surface area contributed by atoms with Gasteiger partial charge in [0.25, 0.3) is 0 Å². The van der Waals surface area contributed by atoms with Crippen molar-refractivity contribution in [2.24, 2.45) is 0 Å². The van der Waals surface area contributed by atoms with Crippen molar-refractivity contribution in [3.8, 4) is 0 Å². The zero-order valence-corrected chi connectivity index (χ0v) is 11.8. The van der Waals surface area contributed by atoms with E-state index >= 15 is 0 Å². The van der Waals surface area contributed by atoms with Gasteiger partial charge in [-0.05, 0) is 26.8 Å². The van der Waals surface area contributed by atoms with Gasteiger partial charge in [-0.2, -0.15) is 0 Å². The second kappa shape index (κ2) is 5.00. The van der Waals surface area contributed by atoms with Crippen LogP contribution in [0.4, 0.5) is 0 Å². The van der Waals surface area contributed by atoms with Crippen LogP contribution in [0, 0.1) is 0 Å². The average molecular weight is 274 g/mol. The van der Waals surface area contributed by atoms with Crippen LogP contribution in [0.25, 0.3) is 10.9 Å². The van der Waals surface area contributed by atoms with Crippen LogP contribution in [0.2, 0.25) is 0 Å². The van der Waals surface area contributed by atoms with Crippen LogP contribution < -0.4 is 5.32 Å². The average Bonchev–Trinajstić information content (AvgIpc) is 2.66. The number of nitrogens with one attached hydrogen (secondary N) is 1. The number of hydrogen-bond acceptors (Lipinski definition) is 2. The molecular formula is C15H18N2O3. The lowest BCUT2D eigenvalue weighted by atomic mass is 10.1. The summed E-state index contributed by atoms with van der Waals surface area (Å²) in [6, 6.07) is 7.17. The number of carbonyl (C=O) groups excluding carboxylic acids is 1. The molecule has 2 aromatic rings. The van der Waals surface area contributed by atoms with Crippen LogP contribution in [0.3, 0.4) is 0 Å². The third kappa shape index (κ3) is 2.99. The molecule has 106 valence electrons. The van der Waals surface area contributed by atoms with Gasteiger partial charge in [0.2, 0.25) is 5.91 Å². The van der Waals surface area contributed by atoms with Gasteiger partial charge >= 0.3 is 5.97 Å². The van der Waals surface area contributed by atoms with E-state index in [-0.39, 0.29) is 23.6 Å². The van der Waals surface area contributed by atoms with E-state index in [2.05, 4.69) is 5.32 Å². The first-order valence-electron chi connectivity index (χ1n) is 6.40. The highest BCUT2D eigenvalue weighted by Crippen LogP contribution is 2.21. The molecule has 0 unspecified atom stereocenters. The molecule has 0 aliphatic rings. The minimum absolute atomic E-state index is 0.102. The number of carboxylic acids is 1. The van der Waals surface area contributed by atoms with Crippen LogP contribution in [-0.4, -0.2) is 27.1 Å². The number of carboxylic acid groups (broad SMARTS) is 1. The molecule has 2 N–H and O–H groups in total. The standard InChI is InChI=1S/C15H18N2O3/c1-15(2,3)16-13(18)9-17-8-11(14(19)20)10-6-4-5-7-12(10)17/h4-8H,9H2,1-3H3,(H,16,18)(H,19,20). The highest BCUT2D eigenvalue weighted by Gasteiger charge is 2.17. The Hall–Kier alpha value is -2.30. The molecule has 5 nitrogen and oxygen atoms in total. The molecule has 1 aromatic heterocycles. The van der Waals surface area contributed by atoms with Gasteiger partial charge in [-0.3, -0.25) is 4.79 Å². The third-order valence-electron chi connectivity index (χ3n) is 2.85. The van der Waals surface area contributed by atoms with Gasteiger partial charge in [-0.15, -0.1) is 0 Å². The number of fused-ring (bicyclic) bond motifs is 1. The van der Waals surface area contributed by atoms with Gasteiger partial charge in [0.1, 0.15) is 6.54 Å². The molecule has 0 radical (unpaired) electrons. The maximum absolute atomic E-state index is 12.0. The number of aromatic nitrogens is 1. The number of hydrogen-bond donors (Lipinski definition) is 2. The molecule has 1 heterocycles.